The Morgan fingerprint density at radius 1 is 1.21 bits per heavy atom. The SMILES string of the molecule is CCOC(=O)C1=NN(c2ccccc2)C(C(=O)Nc2ccc3[nH]ccc3c2)C1. The van der Waals surface area contributed by atoms with E-state index in [-0.39, 0.29) is 24.6 Å². The van der Waals surface area contributed by atoms with Crippen LogP contribution in [0.3, 0.4) is 0 Å². The summed E-state index contributed by atoms with van der Waals surface area (Å²) in [6.07, 6.45) is 2.04. The molecule has 0 spiro atoms. The van der Waals surface area contributed by atoms with Gasteiger partial charge in [0.05, 0.1) is 12.3 Å². The molecule has 1 atom stereocenters. The van der Waals surface area contributed by atoms with E-state index in [1.807, 2.05) is 60.8 Å². The zero-order valence-electron chi connectivity index (χ0n) is 15.4. The van der Waals surface area contributed by atoms with Crippen molar-refractivity contribution in [3.05, 3.63) is 60.8 Å². The van der Waals surface area contributed by atoms with Crippen molar-refractivity contribution in [2.45, 2.75) is 19.4 Å². The Labute approximate surface area is 162 Å². The second-order valence-electron chi connectivity index (χ2n) is 6.44. The number of nitrogens with zero attached hydrogens (tertiary/aromatic N) is 2. The standard InChI is InChI=1S/C21H20N4O3/c1-2-28-21(27)18-13-19(25(24-18)16-6-4-3-5-7-16)20(26)23-15-8-9-17-14(12-15)10-11-22-17/h3-12,19,22H,2,13H2,1H3,(H,23,26). The maximum absolute atomic E-state index is 13.0. The van der Waals surface area contributed by atoms with Gasteiger partial charge >= 0.3 is 5.97 Å². The maximum atomic E-state index is 13.0. The largest absolute Gasteiger partial charge is 0.461 e. The first kappa shape index (κ1) is 17.8. The second-order valence-corrected chi connectivity index (χ2v) is 6.44. The van der Waals surface area contributed by atoms with Crippen LogP contribution in [0.5, 0.6) is 0 Å². The van der Waals surface area contributed by atoms with Gasteiger partial charge in [0, 0.05) is 29.2 Å². The fourth-order valence-corrected chi connectivity index (χ4v) is 3.23. The van der Waals surface area contributed by atoms with E-state index in [4.69, 9.17) is 4.74 Å². The van der Waals surface area contributed by atoms with Crippen LogP contribution >= 0.6 is 0 Å². The van der Waals surface area contributed by atoms with Crippen molar-refractivity contribution in [3.63, 3.8) is 0 Å². The van der Waals surface area contributed by atoms with Gasteiger partial charge in [0.15, 0.2) is 0 Å². The van der Waals surface area contributed by atoms with E-state index < -0.39 is 12.0 Å². The molecule has 1 unspecified atom stereocenters. The van der Waals surface area contributed by atoms with Crippen LogP contribution in [0.2, 0.25) is 0 Å². The molecule has 7 heteroatoms. The number of hydrazone groups is 1. The van der Waals surface area contributed by atoms with Gasteiger partial charge in [0.2, 0.25) is 5.91 Å². The average Bonchev–Trinajstić information content (AvgIpc) is 3.36. The van der Waals surface area contributed by atoms with Crippen LogP contribution in [-0.2, 0) is 14.3 Å². The fraction of sp³-hybridized carbons (Fsp3) is 0.190. The molecule has 1 aliphatic heterocycles. The van der Waals surface area contributed by atoms with Crippen molar-refractivity contribution in [2.75, 3.05) is 16.9 Å². The number of ether oxygens (including phenoxy) is 1. The summed E-state index contributed by atoms with van der Waals surface area (Å²) in [5.41, 5.74) is 2.67. The quantitative estimate of drug-likeness (QED) is 0.669. The zero-order valence-corrected chi connectivity index (χ0v) is 15.4. The number of hydrogen-bond acceptors (Lipinski definition) is 5. The molecule has 2 N–H and O–H groups in total. The summed E-state index contributed by atoms with van der Waals surface area (Å²) in [6, 6.07) is 16.3. The van der Waals surface area contributed by atoms with Gasteiger partial charge in [-0.1, -0.05) is 18.2 Å². The number of fused-ring (bicyclic) bond motifs is 1. The Morgan fingerprint density at radius 2 is 2.04 bits per heavy atom. The van der Waals surface area contributed by atoms with Gasteiger partial charge in [-0.2, -0.15) is 5.10 Å². The molecule has 28 heavy (non-hydrogen) atoms. The average molecular weight is 376 g/mol. The first-order chi connectivity index (χ1) is 13.7. The number of para-hydroxylation sites is 1. The number of H-pyrrole nitrogens is 1. The van der Waals surface area contributed by atoms with E-state index >= 15 is 0 Å². The van der Waals surface area contributed by atoms with Crippen molar-refractivity contribution < 1.29 is 14.3 Å². The number of anilines is 2. The molecular formula is C21H20N4O3. The molecule has 0 saturated heterocycles. The van der Waals surface area contributed by atoms with Gasteiger partial charge in [-0.25, -0.2) is 4.79 Å². The minimum absolute atomic E-state index is 0.186. The predicted molar refractivity (Wildman–Crippen MR) is 108 cm³/mol. The Morgan fingerprint density at radius 3 is 2.82 bits per heavy atom. The van der Waals surface area contributed by atoms with Crippen molar-refractivity contribution in [3.8, 4) is 0 Å². The molecular weight excluding hydrogens is 356 g/mol. The summed E-state index contributed by atoms with van der Waals surface area (Å²) in [7, 11) is 0. The summed E-state index contributed by atoms with van der Waals surface area (Å²) in [5.74, 6) is -0.728. The van der Waals surface area contributed by atoms with Gasteiger partial charge in [0.25, 0.3) is 0 Å². The zero-order chi connectivity index (χ0) is 19.5. The highest BCUT2D eigenvalue weighted by molar-refractivity contribution is 6.38. The summed E-state index contributed by atoms with van der Waals surface area (Å²) in [5, 5.41) is 9.90. The van der Waals surface area contributed by atoms with E-state index in [1.54, 1.807) is 11.9 Å². The fourth-order valence-electron chi connectivity index (χ4n) is 3.23. The van der Waals surface area contributed by atoms with Crippen molar-refractivity contribution >= 4 is 39.9 Å². The van der Waals surface area contributed by atoms with E-state index in [0.717, 1.165) is 16.6 Å². The molecule has 1 amide bonds. The minimum Gasteiger partial charge on any atom is -0.461 e. The van der Waals surface area contributed by atoms with Crippen LogP contribution in [0.15, 0.2) is 65.9 Å². The lowest BCUT2D eigenvalue weighted by Crippen LogP contribution is -2.38. The second kappa shape index (κ2) is 7.56. The molecule has 2 heterocycles. The lowest BCUT2D eigenvalue weighted by atomic mass is 10.1. The summed E-state index contributed by atoms with van der Waals surface area (Å²) in [4.78, 5) is 28.3. The van der Waals surface area contributed by atoms with Crippen LogP contribution < -0.4 is 10.3 Å². The topological polar surface area (TPSA) is 86.8 Å². The van der Waals surface area contributed by atoms with Gasteiger partial charge in [-0.05, 0) is 43.3 Å². The predicted octanol–water partition coefficient (Wildman–Crippen LogP) is 3.30. The van der Waals surface area contributed by atoms with Gasteiger partial charge < -0.3 is 15.0 Å². The number of rotatable bonds is 5. The van der Waals surface area contributed by atoms with Crippen LogP contribution in [0.25, 0.3) is 10.9 Å². The van der Waals surface area contributed by atoms with Crippen LogP contribution in [-0.4, -0.2) is 35.2 Å². The van der Waals surface area contributed by atoms with Crippen molar-refractivity contribution in [2.24, 2.45) is 5.10 Å². The Bertz CT molecular complexity index is 1040. The maximum Gasteiger partial charge on any atom is 0.354 e. The molecule has 0 fully saturated rings. The number of carbonyl (C=O) groups excluding carboxylic acids is 2. The summed E-state index contributed by atoms with van der Waals surface area (Å²) < 4.78 is 5.06. The molecule has 1 aliphatic rings. The molecule has 4 rings (SSSR count). The Kier molecular flexibility index (Phi) is 4.80. The number of aromatic amines is 1. The lowest BCUT2D eigenvalue weighted by Gasteiger charge is -2.22. The third-order valence-corrected chi connectivity index (χ3v) is 4.57. The first-order valence-corrected chi connectivity index (χ1v) is 9.12. The van der Waals surface area contributed by atoms with E-state index in [1.165, 1.54) is 0 Å². The first-order valence-electron chi connectivity index (χ1n) is 9.12. The van der Waals surface area contributed by atoms with Gasteiger partial charge in [-0.3, -0.25) is 9.80 Å². The van der Waals surface area contributed by atoms with E-state index in [2.05, 4.69) is 15.4 Å². The molecule has 0 radical (unpaired) electrons. The summed E-state index contributed by atoms with van der Waals surface area (Å²) >= 11 is 0. The Balaban J connectivity index is 1.58. The molecule has 142 valence electrons. The highest BCUT2D eigenvalue weighted by atomic mass is 16.5. The number of benzene rings is 2. The molecule has 1 aromatic heterocycles. The molecule has 0 bridgehead atoms. The molecule has 0 aliphatic carbocycles. The third-order valence-electron chi connectivity index (χ3n) is 4.57. The van der Waals surface area contributed by atoms with Crippen molar-refractivity contribution in [1.82, 2.24) is 4.98 Å². The normalized spacial score (nSPS) is 16.1. The number of amides is 1. The molecule has 2 aromatic carbocycles. The van der Waals surface area contributed by atoms with Gasteiger partial charge in [-0.15, -0.1) is 0 Å². The third kappa shape index (κ3) is 3.46. The molecule has 0 saturated carbocycles. The number of hydrogen-bond donors (Lipinski definition) is 2. The highest BCUT2D eigenvalue weighted by Gasteiger charge is 2.36. The summed E-state index contributed by atoms with van der Waals surface area (Å²) in [6.45, 7) is 2.00. The smallest absolute Gasteiger partial charge is 0.354 e. The highest BCUT2D eigenvalue weighted by Crippen LogP contribution is 2.26. The van der Waals surface area contributed by atoms with E-state index in [0.29, 0.717) is 5.69 Å². The Hall–Kier alpha value is -3.61. The number of esters is 1. The molecule has 7 nitrogen and oxygen atoms in total. The van der Waals surface area contributed by atoms with Crippen LogP contribution in [0.1, 0.15) is 13.3 Å². The lowest BCUT2D eigenvalue weighted by molar-refractivity contribution is -0.135. The number of carbonyl (C=O) groups is 2. The van der Waals surface area contributed by atoms with Crippen LogP contribution in [0, 0.1) is 0 Å². The van der Waals surface area contributed by atoms with Crippen LogP contribution in [0.4, 0.5) is 11.4 Å². The minimum atomic E-state index is -0.635. The number of nitrogens with one attached hydrogen (secondary N) is 2. The molecule has 3 aromatic rings. The monoisotopic (exact) mass is 376 g/mol. The van der Waals surface area contributed by atoms with E-state index in [9.17, 15) is 9.59 Å². The number of aromatic nitrogens is 1. The van der Waals surface area contributed by atoms with Gasteiger partial charge in [0.1, 0.15) is 11.8 Å². The van der Waals surface area contributed by atoms with Crippen molar-refractivity contribution in [1.29, 1.82) is 0 Å².